The number of benzene rings is 1. The smallest absolute Gasteiger partial charge is 0.0832 e. The van der Waals surface area contributed by atoms with Crippen molar-refractivity contribution < 1.29 is 0 Å². The second-order valence-electron chi connectivity index (χ2n) is 4.91. The van der Waals surface area contributed by atoms with Gasteiger partial charge in [-0.3, -0.25) is 0 Å². The van der Waals surface area contributed by atoms with E-state index in [1.54, 1.807) is 0 Å². The van der Waals surface area contributed by atoms with Gasteiger partial charge in [0.15, 0.2) is 0 Å². The highest BCUT2D eigenvalue weighted by atomic mass is 35.5. The van der Waals surface area contributed by atoms with Crippen molar-refractivity contribution in [3.63, 3.8) is 0 Å². The van der Waals surface area contributed by atoms with E-state index in [1.807, 2.05) is 26.1 Å². The summed E-state index contributed by atoms with van der Waals surface area (Å²) in [5.74, 6) is 0.366. The van der Waals surface area contributed by atoms with E-state index in [4.69, 9.17) is 11.6 Å². The van der Waals surface area contributed by atoms with Crippen LogP contribution in [0.3, 0.4) is 0 Å². The summed E-state index contributed by atoms with van der Waals surface area (Å²) in [7, 11) is 1.95. The van der Waals surface area contributed by atoms with Crippen molar-refractivity contribution in [3.05, 3.63) is 44.9 Å². The minimum absolute atomic E-state index is 0.0931. The molecule has 1 unspecified atom stereocenters. The van der Waals surface area contributed by atoms with Crippen molar-refractivity contribution in [2.24, 2.45) is 0 Å². The summed E-state index contributed by atoms with van der Waals surface area (Å²) in [5, 5.41) is 8.37. The van der Waals surface area contributed by atoms with Crippen LogP contribution >= 0.6 is 23.1 Å². The van der Waals surface area contributed by atoms with Gasteiger partial charge in [0.25, 0.3) is 0 Å². The molecular formula is C14H18ClN3S. The average molecular weight is 296 g/mol. The molecule has 0 aliphatic heterocycles. The zero-order valence-corrected chi connectivity index (χ0v) is 13.1. The van der Waals surface area contributed by atoms with Crippen molar-refractivity contribution in [2.45, 2.75) is 32.7 Å². The van der Waals surface area contributed by atoms with Gasteiger partial charge in [-0.25, -0.2) is 0 Å². The Morgan fingerprint density at radius 1 is 1.32 bits per heavy atom. The first-order valence-electron chi connectivity index (χ1n) is 6.30. The maximum Gasteiger partial charge on any atom is 0.0832 e. The molecule has 1 aromatic carbocycles. The van der Waals surface area contributed by atoms with Gasteiger partial charge < -0.3 is 5.32 Å². The van der Waals surface area contributed by atoms with E-state index in [-0.39, 0.29) is 6.04 Å². The van der Waals surface area contributed by atoms with Crippen LogP contribution in [0.4, 0.5) is 0 Å². The average Bonchev–Trinajstić information content (AvgIpc) is 2.84. The SMILES string of the molecule is CNC(c1ccc(C)c(Cl)c1)c1snnc1C(C)C. The van der Waals surface area contributed by atoms with E-state index in [0.717, 1.165) is 26.7 Å². The van der Waals surface area contributed by atoms with Gasteiger partial charge in [0.1, 0.15) is 0 Å². The van der Waals surface area contributed by atoms with Crippen molar-refractivity contribution >= 4 is 23.1 Å². The predicted molar refractivity (Wildman–Crippen MR) is 81.1 cm³/mol. The van der Waals surface area contributed by atoms with Gasteiger partial charge in [-0.05, 0) is 48.6 Å². The second-order valence-corrected chi connectivity index (χ2v) is 6.10. The Hall–Kier alpha value is -0.970. The summed E-state index contributed by atoms with van der Waals surface area (Å²) in [4.78, 5) is 1.16. The lowest BCUT2D eigenvalue weighted by atomic mass is 9.99. The number of nitrogens with zero attached hydrogens (tertiary/aromatic N) is 2. The monoisotopic (exact) mass is 295 g/mol. The van der Waals surface area contributed by atoms with Gasteiger partial charge >= 0.3 is 0 Å². The van der Waals surface area contributed by atoms with Gasteiger partial charge in [-0.2, -0.15) is 0 Å². The molecule has 0 saturated carbocycles. The third-order valence-corrected chi connectivity index (χ3v) is 4.38. The first-order valence-corrected chi connectivity index (χ1v) is 7.45. The van der Waals surface area contributed by atoms with E-state index in [2.05, 4.69) is 34.8 Å². The molecule has 19 heavy (non-hydrogen) atoms. The number of rotatable bonds is 4. The molecule has 0 radical (unpaired) electrons. The van der Waals surface area contributed by atoms with Crippen LogP contribution in [0.25, 0.3) is 0 Å². The zero-order valence-electron chi connectivity index (χ0n) is 11.6. The number of aromatic nitrogens is 2. The molecule has 1 N–H and O–H groups in total. The Kier molecular flexibility index (Phi) is 4.55. The minimum Gasteiger partial charge on any atom is -0.309 e. The van der Waals surface area contributed by atoms with Crippen LogP contribution in [-0.2, 0) is 0 Å². The van der Waals surface area contributed by atoms with Crippen LogP contribution in [0.2, 0.25) is 5.02 Å². The van der Waals surface area contributed by atoms with Crippen molar-refractivity contribution in [3.8, 4) is 0 Å². The van der Waals surface area contributed by atoms with Gasteiger partial charge in [-0.1, -0.05) is 42.1 Å². The number of halogens is 1. The fraction of sp³-hybridized carbons (Fsp3) is 0.429. The maximum absolute atomic E-state index is 6.22. The lowest BCUT2D eigenvalue weighted by Gasteiger charge is -2.17. The molecule has 1 aromatic heterocycles. The largest absolute Gasteiger partial charge is 0.309 e. The second kappa shape index (κ2) is 5.99. The Labute approximate surface area is 123 Å². The van der Waals surface area contributed by atoms with E-state index in [0.29, 0.717) is 5.92 Å². The number of hydrogen-bond acceptors (Lipinski definition) is 4. The van der Waals surface area contributed by atoms with Crippen LogP contribution in [0, 0.1) is 6.92 Å². The van der Waals surface area contributed by atoms with Crippen LogP contribution in [-0.4, -0.2) is 16.6 Å². The molecule has 0 spiro atoms. The minimum atomic E-state index is 0.0931. The summed E-state index contributed by atoms with van der Waals surface area (Å²) in [6.45, 7) is 6.28. The molecule has 1 heterocycles. The van der Waals surface area contributed by atoms with Crippen molar-refractivity contribution in [1.29, 1.82) is 0 Å². The van der Waals surface area contributed by atoms with E-state index in [1.165, 1.54) is 11.5 Å². The van der Waals surface area contributed by atoms with Crippen LogP contribution in [0.15, 0.2) is 18.2 Å². The van der Waals surface area contributed by atoms with Crippen molar-refractivity contribution in [1.82, 2.24) is 14.9 Å². The molecular weight excluding hydrogens is 278 g/mol. The fourth-order valence-electron chi connectivity index (χ4n) is 2.04. The number of aryl methyl sites for hydroxylation is 1. The van der Waals surface area contributed by atoms with E-state index < -0.39 is 0 Å². The molecule has 0 amide bonds. The first-order chi connectivity index (χ1) is 9.04. The van der Waals surface area contributed by atoms with Crippen LogP contribution in [0.5, 0.6) is 0 Å². The topological polar surface area (TPSA) is 37.8 Å². The van der Waals surface area contributed by atoms with E-state index >= 15 is 0 Å². The van der Waals surface area contributed by atoms with Crippen LogP contribution in [0.1, 0.15) is 47.5 Å². The first kappa shape index (κ1) is 14.4. The molecule has 0 aliphatic rings. The number of nitrogens with one attached hydrogen (secondary N) is 1. The van der Waals surface area contributed by atoms with Gasteiger partial charge in [0.2, 0.25) is 0 Å². The summed E-state index contributed by atoms with van der Waals surface area (Å²) in [5.41, 5.74) is 3.29. The summed E-state index contributed by atoms with van der Waals surface area (Å²) in [6, 6.07) is 6.26. The number of hydrogen-bond donors (Lipinski definition) is 1. The highest BCUT2D eigenvalue weighted by molar-refractivity contribution is 7.05. The molecule has 0 saturated heterocycles. The Balaban J connectivity index is 2.44. The third-order valence-electron chi connectivity index (χ3n) is 3.17. The van der Waals surface area contributed by atoms with Crippen molar-refractivity contribution in [2.75, 3.05) is 7.05 Å². The molecule has 2 aromatic rings. The summed E-state index contributed by atoms with van der Waals surface area (Å²) < 4.78 is 4.10. The Bertz CT molecular complexity index is 566. The normalized spacial score (nSPS) is 12.9. The standard InChI is InChI=1S/C14H18ClN3S/c1-8(2)12-14(19-18-17-12)13(16-4)10-6-5-9(3)11(15)7-10/h5-8,13,16H,1-4H3. The third kappa shape index (κ3) is 2.96. The summed E-state index contributed by atoms with van der Waals surface area (Å²) in [6.07, 6.45) is 0. The maximum atomic E-state index is 6.22. The molecule has 3 nitrogen and oxygen atoms in total. The molecule has 0 aliphatic carbocycles. The van der Waals surface area contributed by atoms with Gasteiger partial charge in [-0.15, -0.1) is 5.10 Å². The molecule has 2 rings (SSSR count). The summed E-state index contributed by atoms with van der Waals surface area (Å²) >= 11 is 7.67. The van der Waals surface area contributed by atoms with Gasteiger partial charge in [0, 0.05) is 5.02 Å². The lowest BCUT2D eigenvalue weighted by molar-refractivity contribution is 0.678. The highest BCUT2D eigenvalue weighted by Crippen LogP contribution is 2.32. The Morgan fingerprint density at radius 3 is 2.63 bits per heavy atom. The quantitative estimate of drug-likeness (QED) is 0.928. The fourth-order valence-corrected chi connectivity index (χ4v) is 3.18. The lowest BCUT2D eigenvalue weighted by Crippen LogP contribution is -2.18. The van der Waals surface area contributed by atoms with Gasteiger partial charge in [0.05, 0.1) is 16.6 Å². The molecule has 0 fully saturated rings. The zero-order chi connectivity index (χ0) is 14.0. The Morgan fingerprint density at radius 2 is 2.05 bits per heavy atom. The molecule has 0 bridgehead atoms. The highest BCUT2D eigenvalue weighted by Gasteiger charge is 2.21. The molecule has 1 atom stereocenters. The van der Waals surface area contributed by atoms with E-state index in [9.17, 15) is 0 Å². The molecule has 102 valence electrons. The van der Waals surface area contributed by atoms with Crippen LogP contribution < -0.4 is 5.32 Å². The predicted octanol–water partition coefficient (Wildman–Crippen LogP) is 3.93. The molecule has 5 heteroatoms.